The minimum Gasteiger partial charge on any atom is -0.483 e. The molecule has 46 heavy (non-hydrogen) atoms. The lowest BCUT2D eigenvalue weighted by molar-refractivity contribution is -0.138. The Hall–Kier alpha value is -4.57. The summed E-state index contributed by atoms with van der Waals surface area (Å²) in [6.45, 7) is -0.651. The minimum absolute atomic E-state index is 0.0851. The van der Waals surface area contributed by atoms with Crippen molar-refractivity contribution in [2.75, 3.05) is 16.8 Å². The first-order valence-electron chi connectivity index (χ1n) is 13.4. The van der Waals surface area contributed by atoms with Gasteiger partial charge in [-0.2, -0.15) is 26.3 Å². The Morgan fingerprint density at radius 1 is 0.870 bits per heavy atom. The highest BCUT2D eigenvalue weighted by atomic mass is 32.2. The summed E-state index contributed by atoms with van der Waals surface area (Å²) in [7, 11) is 0. The second-order valence-electron chi connectivity index (χ2n) is 10.3. The number of aromatic nitrogens is 1. The van der Waals surface area contributed by atoms with Gasteiger partial charge in [0.05, 0.1) is 27.8 Å². The van der Waals surface area contributed by atoms with Crippen LogP contribution >= 0.6 is 23.1 Å². The number of nitrogens with zero attached hydrogens (tertiary/aromatic N) is 1. The standard InChI is InChI=1S/C30H19F6N3O5S2/c31-29(32,33)14-5-3-7-16(11-14)37-20(40)13-44-19-10-2-1-9-18(19)21-22-24(45-25-23(21)46-28(43)38-25)27(42)39(26(22)41)17-8-4-6-15(12-17)30(34,35)36/h1-12,21-22,24H,13H2,(H,37,40)(H,38,43)/t21-,22-,24+/m0/s1. The number of hydrogen-bond acceptors (Lipinski definition) is 7. The zero-order valence-electron chi connectivity index (χ0n) is 22.9. The number of halogens is 6. The fourth-order valence-electron chi connectivity index (χ4n) is 5.41. The first-order valence-corrected chi connectivity index (χ1v) is 15.1. The molecule has 2 aliphatic heterocycles. The number of rotatable bonds is 6. The van der Waals surface area contributed by atoms with E-state index in [0.717, 1.165) is 53.4 Å². The van der Waals surface area contributed by atoms with E-state index in [9.17, 15) is 45.5 Å². The number of nitrogens with one attached hydrogen (secondary N) is 2. The first kappa shape index (κ1) is 31.4. The molecule has 8 nitrogen and oxygen atoms in total. The molecule has 1 saturated heterocycles. The van der Waals surface area contributed by atoms with Gasteiger partial charge in [-0.3, -0.25) is 19.2 Å². The van der Waals surface area contributed by atoms with Gasteiger partial charge in [0.2, 0.25) is 11.8 Å². The van der Waals surface area contributed by atoms with E-state index in [1.165, 1.54) is 18.2 Å². The molecule has 2 aliphatic rings. The Bertz CT molecular complexity index is 1920. The van der Waals surface area contributed by atoms with Crippen molar-refractivity contribution in [1.82, 2.24) is 4.98 Å². The van der Waals surface area contributed by atoms with Crippen molar-refractivity contribution in [1.29, 1.82) is 0 Å². The van der Waals surface area contributed by atoms with Gasteiger partial charge in [-0.15, -0.1) is 0 Å². The van der Waals surface area contributed by atoms with Crippen molar-refractivity contribution in [3.63, 3.8) is 0 Å². The second-order valence-corrected chi connectivity index (χ2v) is 12.4. The number of thioether (sulfide) groups is 1. The van der Waals surface area contributed by atoms with Crippen LogP contribution in [-0.4, -0.2) is 34.6 Å². The van der Waals surface area contributed by atoms with Crippen LogP contribution in [0.3, 0.4) is 0 Å². The Balaban J connectivity index is 1.31. The molecule has 4 aromatic rings. The predicted octanol–water partition coefficient (Wildman–Crippen LogP) is 6.29. The fourth-order valence-corrected chi connectivity index (χ4v) is 7.92. The molecular weight excluding hydrogens is 660 g/mol. The van der Waals surface area contributed by atoms with Crippen molar-refractivity contribution in [2.45, 2.75) is 28.5 Å². The number of para-hydroxylation sites is 1. The Morgan fingerprint density at radius 2 is 1.54 bits per heavy atom. The summed E-state index contributed by atoms with van der Waals surface area (Å²) in [4.78, 5) is 55.9. The van der Waals surface area contributed by atoms with Crippen LogP contribution < -0.4 is 19.8 Å². The lowest BCUT2D eigenvalue weighted by Crippen LogP contribution is -2.32. The topological polar surface area (TPSA) is 109 Å². The first-order chi connectivity index (χ1) is 21.7. The number of aromatic amines is 1. The number of imide groups is 1. The third kappa shape index (κ3) is 5.89. The van der Waals surface area contributed by atoms with Crippen molar-refractivity contribution < 1.29 is 45.5 Å². The van der Waals surface area contributed by atoms with Crippen LogP contribution in [0.2, 0.25) is 0 Å². The van der Waals surface area contributed by atoms with Gasteiger partial charge < -0.3 is 15.0 Å². The van der Waals surface area contributed by atoms with E-state index in [0.29, 0.717) is 26.4 Å². The summed E-state index contributed by atoms with van der Waals surface area (Å²) in [5.41, 5.74) is -2.07. The zero-order chi connectivity index (χ0) is 33.0. The smallest absolute Gasteiger partial charge is 0.416 e. The van der Waals surface area contributed by atoms with Gasteiger partial charge in [-0.1, -0.05) is 53.4 Å². The van der Waals surface area contributed by atoms with Crippen LogP contribution in [0.1, 0.15) is 27.5 Å². The molecule has 0 aliphatic carbocycles. The van der Waals surface area contributed by atoms with Gasteiger partial charge in [-0.05, 0) is 42.5 Å². The van der Waals surface area contributed by atoms with Crippen molar-refractivity contribution in [3.05, 3.63) is 104 Å². The molecular formula is C30H19F6N3O5S2. The summed E-state index contributed by atoms with van der Waals surface area (Å²) in [5, 5.41) is 1.54. The highest BCUT2D eigenvalue weighted by molar-refractivity contribution is 8.00. The normalized spacial score (nSPS) is 19.5. The van der Waals surface area contributed by atoms with Crippen LogP contribution in [-0.2, 0) is 26.7 Å². The second kappa shape index (κ2) is 11.7. The Morgan fingerprint density at radius 3 is 2.26 bits per heavy atom. The number of carbonyl (C=O) groups excluding carboxylic acids is 3. The van der Waals surface area contributed by atoms with E-state index in [1.54, 1.807) is 18.2 Å². The van der Waals surface area contributed by atoms with E-state index in [4.69, 9.17) is 4.74 Å². The summed E-state index contributed by atoms with van der Waals surface area (Å²) >= 11 is 1.73. The number of amides is 3. The van der Waals surface area contributed by atoms with E-state index in [2.05, 4.69) is 10.3 Å². The molecule has 0 saturated carbocycles. The number of H-pyrrole nitrogens is 1. The molecule has 3 aromatic carbocycles. The van der Waals surface area contributed by atoms with E-state index >= 15 is 0 Å². The summed E-state index contributed by atoms with van der Waals surface area (Å²) in [5.74, 6) is -4.38. The largest absolute Gasteiger partial charge is 0.483 e. The quantitative estimate of drug-likeness (QED) is 0.183. The molecule has 3 heterocycles. The number of anilines is 2. The summed E-state index contributed by atoms with van der Waals surface area (Å²) in [6.07, 6.45) is -9.34. The molecule has 1 fully saturated rings. The lowest BCUT2D eigenvalue weighted by Gasteiger charge is -2.30. The summed E-state index contributed by atoms with van der Waals surface area (Å²) < 4.78 is 85.4. The SMILES string of the molecule is O=C(COc1ccccc1[C@@H]1c2sc(=O)[nH]c2S[C@H]2C(=O)N(c3cccc(C(F)(F)F)c3)C(=O)[C@@H]12)Nc1cccc(C(F)(F)F)c1. The number of ether oxygens (including phenoxy) is 1. The molecule has 1 aromatic heterocycles. The fraction of sp³-hybridized carbons (Fsp3) is 0.200. The van der Waals surface area contributed by atoms with Gasteiger partial charge in [0, 0.05) is 22.0 Å². The highest BCUT2D eigenvalue weighted by Gasteiger charge is 2.57. The Kier molecular flexibility index (Phi) is 7.96. The molecule has 2 N–H and O–H groups in total. The number of hydrogen-bond donors (Lipinski definition) is 2. The average molecular weight is 680 g/mol. The summed E-state index contributed by atoms with van der Waals surface area (Å²) in [6, 6.07) is 14.1. The number of carbonyl (C=O) groups is 3. The van der Waals surface area contributed by atoms with Gasteiger partial charge >= 0.3 is 17.2 Å². The maximum absolute atomic E-state index is 13.9. The third-order valence-corrected chi connectivity index (χ3v) is 9.74. The molecule has 3 atom stereocenters. The van der Waals surface area contributed by atoms with Gasteiger partial charge in [0.1, 0.15) is 11.0 Å². The highest BCUT2D eigenvalue weighted by Crippen LogP contribution is 2.54. The van der Waals surface area contributed by atoms with Crippen molar-refractivity contribution in [2.24, 2.45) is 5.92 Å². The Labute approximate surface area is 263 Å². The van der Waals surface area contributed by atoms with Gasteiger partial charge in [-0.25, -0.2) is 4.90 Å². The monoisotopic (exact) mass is 679 g/mol. The number of fused-ring (bicyclic) bond motifs is 2. The minimum atomic E-state index is -4.72. The van der Waals surface area contributed by atoms with E-state index in [-0.39, 0.29) is 17.1 Å². The number of alkyl halides is 6. The molecule has 0 unspecified atom stereocenters. The molecule has 0 bridgehead atoms. The predicted molar refractivity (Wildman–Crippen MR) is 156 cm³/mol. The third-order valence-electron chi connectivity index (χ3n) is 7.34. The number of thiazole rings is 1. The van der Waals surface area contributed by atoms with Crippen molar-refractivity contribution in [3.8, 4) is 5.75 Å². The molecule has 6 rings (SSSR count). The molecule has 238 valence electrons. The van der Waals surface area contributed by atoms with Crippen LogP contribution in [0.4, 0.5) is 37.7 Å². The van der Waals surface area contributed by atoms with Crippen LogP contribution in [0.15, 0.2) is 82.6 Å². The van der Waals surface area contributed by atoms with Crippen LogP contribution in [0, 0.1) is 5.92 Å². The number of benzene rings is 3. The van der Waals surface area contributed by atoms with Crippen LogP contribution in [0.5, 0.6) is 5.75 Å². The van der Waals surface area contributed by atoms with Gasteiger partial charge in [0.15, 0.2) is 6.61 Å². The average Bonchev–Trinajstić information content (AvgIpc) is 3.49. The molecule has 0 radical (unpaired) electrons. The van der Waals surface area contributed by atoms with Crippen molar-refractivity contribution >= 4 is 52.2 Å². The maximum atomic E-state index is 13.9. The zero-order valence-corrected chi connectivity index (χ0v) is 24.6. The molecule has 0 spiro atoms. The maximum Gasteiger partial charge on any atom is 0.416 e. The van der Waals surface area contributed by atoms with Gasteiger partial charge in [0.25, 0.3) is 5.91 Å². The molecule has 16 heteroatoms. The van der Waals surface area contributed by atoms with Crippen LogP contribution in [0.25, 0.3) is 0 Å². The lowest BCUT2D eigenvalue weighted by atomic mass is 9.82. The van der Waals surface area contributed by atoms with E-state index < -0.39 is 69.8 Å². The van der Waals surface area contributed by atoms with E-state index in [1.807, 2.05) is 0 Å². The molecule has 3 amide bonds.